The number of rotatable bonds is 1. The average molecular weight is 206 g/mol. The lowest BCUT2D eigenvalue weighted by Crippen LogP contribution is -2.35. The third-order valence-electron chi connectivity index (χ3n) is 2.67. The summed E-state index contributed by atoms with van der Waals surface area (Å²) in [5.74, 6) is -0.434. The molecular weight excluding hydrogens is 193 g/mol. The lowest BCUT2D eigenvalue weighted by molar-refractivity contribution is 0.0724. The topological polar surface area (TPSA) is 20.3 Å². The van der Waals surface area contributed by atoms with E-state index in [9.17, 15) is 9.18 Å². The van der Waals surface area contributed by atoms with Gasteiger partial charge >= 0.3 is 0 Å². The Labute approximate surface area is 88.7 Å². The van der Waals surface area contributed by atoms with Gasteiger partial charge in [-0.05, 0) is 37.5 Å². The molecule has 1 aliphatic rings. The molecule has 1 saturated heterocycles. The van der Waals surface area contributed by atoms with E-state index in [1.54, 1.807) is 0 Å². The average Bonchev–Trinajstić information content (AvgIpc) is 2.30. The Hall–Kier alpha value is -1.38. The van der Waals surface area contributed by atoms with Crippen LogP contribution in [0.1, 0.15) is 29.6 Å². The number of benzene rings is 1. The molecule has 1 heterocycles. The molecule has 0 N–H and O–H groups in total. The number of amides is 1. The molecule has 0 aromatic heterocycles. The van der Waals surface area contributed by atoms with Crippen molar-refractivity contribution in [3.05, 3.63) is 35.6 Å². The smallest absolute Gasteiger partial charge is 0.253 e. The van der Waals surface area contributed by atoms with Gasteiger partial charge < -0.3 is 4.90 Å². The van der Waals surface area contributed by atoms with Gasteiger partial charge in [-0.2, -0.15) is 0 Å². The first-order valence-electron chi connectivity index (χ1n) is 5.24. The van der Waals surface area contributed by atoms with E-state index in [4.69, 9.17) is 0 Å². The van der Waals surface area contributed by atoms with Gasteiger partial charge in [0.15, 0.2) is 0 Å². The number of likely N-dealkylation sites (tertiary alicyclic amines) is 1. The van der Waals surface area contributed by atoms with Crippen LogP contribution in [-0.2, 0) is 0 Å². The summed E-state index contributed by atoms with van der Waals surface area (Å²) >= 11 is 0. The quantitative estimate of drug-likeness (QED) is 0.690. The second-order valence-electron chi connectivity index (χ2n) is 3.78. The lowest BCUT2D eigenvalue weighted by Gasteiger charge is -2.26. The highest BCUT2D eigenvalue weighted by atomic mass is 19.1. The van der Waals surface area contributed by atoms with Crippen LogP contribution in [0, 0.1) is 11.9 Å². The highest BCUT2D eigenvalue weighted by molar-refractivity contribution is 5.94. The van der Waals surface area contributed by atoms with Crippen LogP contribution in [0.4, 0.5) is 4.39 Å². The van der Waals surface area contributed by atoms with Gasteiger partial charge in [0.05, 0.1) is 0 Å². The largest absolute Gasteiger partial charge is 0.339 e. The maximum Gasteiger partial charge on any atom is 0.253 e. The molecule has 1 fully saturated rings. The summed E-state index contributed by atoms with van der Waals surface area (Å²) in [6.45, 7) is 1.63. The number of piperidine rings is 1. The highest BCUT2D eigenvalue weighted by Crippen LogP contribution is 2.13. The fourth-order valence-corrected chi connectivity index (χ4v) is 1.82. The Morgan fingerprint density at radius 3 is 2.60 bits per heavy atom. The summed E-state index contributed by atoms with van der Waals surface area (Å²) in [5.41, 5.74) is 0.526. The predicted molar refractivity (Wildman–Crippen MR) is 55.0 cm³/mol. The van der Waals surface area contributed by atoms with E-state index < -0.39 is 5.82 Å². The summed E-state index contributed by atoms with van der Waals surface area (Å²) in [7, 11) is 0. The molecule has 2 nitrogen and oxygen atoms in total. The van der Waals surface area contributed by atoms with Gasteiger partial charge in [0, 0.05) is 24.7 Å². The summed E-state index contributed by atoms with van der Waals surface area (Å²) in [6, 6.07) is 6.62. The number of hydrogen-bond donors (Lipinski definition) is 0. The molecule has 0 bridgehead atoms. The van der Waals surface area contributed by atoms with E-state index in [0.29, 0.717) is 5.56 Å². The van der Waals surface area contributed by atoms with E-state index in [0.717, 1.165) is 25.9 Å². The highest BCUT2D eigenvalue weighted by Gasteiger charge is 2.17. The van der Waals surface area contributed by atoms with E-state index in [1.807, 2.05) is 4.90 Å². The predicted octanol–water partition coefficient (Wildman–Crippen LogP) is 2.25. The third-order valence-corrected chi connectivity index (χ3v) is 2.67. The van der Waals surface area contributed by atoms with Crippen molar-refractivity contribution < 1.29 is 9.18 Å². The van der Waals surface area contributed by atoms with Crippen LogP contribution in [0.25, 0.3) is 0 Å². The molecule has 1 aromatic rings. The molecule has 2 rings (SSSR count). The summed E-state index contributed by atoms with van der Waals surface area (Å²) < 4.78 is 12.6. The molecule has 79 valence electrons. The van der Waals surface area contributed by atoms with Crippen LogP contribution in [0.3, 0.4) is 0 Å². The zero-order chi connectivity index (χ0) is 10.7. The number of carbonyl (C=O) groups is 1. The number of hydrogen-bond acceptors (Lipinski definition) is 1. The first-order chi connectivity index (χ1) is 7.27. The van der Waals surface area contributed by atoms with Crippen molar-refractivity contribution in [1.29, 1.82) is 0 Å². The summed E-state index contributed by atoms with van der Waals surface area (Å²) in [6.07, 6.45) is 3.33. The SMILES string of the molecule is O=C(c1c[c]c(F)cc1)N1CCCCC1. The fourth-order valence-electron chi connectivity index (χ4n) is 1.82. The first-order valence-corrected chi connectivity index (χ1v) is 5.24. The van der Waals surface area contributed by atoms with E-state index in [2.05, 4.69) is 6.07 Å². The molecule has 1 aromatic carbocycles. The van der Waals surface area contributed by atoms with Gasteiger partial charge in [-0.15, -0.1) is 0 Å². The molecule has 3 heteroatoms. The normalized spacial score (nSPS) is 16.5. The Morgan fingerprint density at radius 2 is 2.00 bits per heavy atom. The maximum atomic E-state index is 12.6. The molecular formula is C12H13FNO. The molecule has 1 radical (unpaired) electrons. The van der Waals surface area contributed by atoms with Crippen molar-refractivity contribution in [2.75, 3.05) is 13.1 Å². The summed E-state index contributed by atoms with van der Waals surface area (Å²) in [5, 5.41) is 0. The number of nitrogens with zero attached hydrogens (tertiary/aromatic N) is 1. The second-order valence-corrected chi connectivity index (χ2v) is 3.78. The molecule has 0 aliphatic carbocycles. The van der Waals surface area contributed by atoms with Crippen LogP contribution >= 0.6 is 0 Å². The van der Waals surface area contributed by atoms with Crippen molar-refractivity contribution in [2.45, 2.75) is 19.3 Å². The molecule has 15 heavy (non-hydrogen) atoms. The minimum atomic E-state index is -0.426. The minimum Gasteiger partial charge on any atom is -0.339 e. The van der Waals surface area contributed by atoms with Gasteiger partial charge in [-0.3, -0.25) is 4.79 Å². The van der Waals surface area contributed by atoms with Crippen LogP contribution in [0.5, 0.6) is 0 Å². The maximum absolute atomic E-state index is 12.6. The molecule has 1 aliphatic heterocycles. The van der Waals surface area contributed by atoms with Gasteiger partial charge in [-0.1, -0.05) is 0 Å². The van der Waals surface area contributed by atoms with Crippen molar-refractivity contribution in [3.63, 3.8) is 0 Å². The van der Waals surface area contributed by atoms with E-state index in [1.165, 1.54) is 24.6 Å². The Kier molecular flexibility index (Phi) is 2.99. The van der Waals surface area contributed by atoms with Gasteiger partial charge in [0.1, 0.15) is 5.82 Å². The fraction of sp³-hybridized carbons (Fsp3) is 0.417. The zero-order valence-electron chi connectivity index (χ0n) is 8.50. The summed E-state index contributed by atoms with van der Waals surface area (Å²) in [4.78, 5) is 13.7. The van der Waals surface area contributed by atoms with Crippen molar-refractivity contribution in [3.8, 4) is 0 Å². The van der Waals surface area contributed by atoms with Crippen molar-refractivity contribution in [1.82, 2.24) is 4.90 Å². The Morgan fingerprint density at radius 1 is 1.27 bits per heavy atom. The minimum absolute atomic E-state index is 0.00838. The van der Waals surface area contributed by atoms with Crippen LogP contribution in [0.2, 0.25) is 0 Å². The van der Waals surface area contributed by atoms with Gasteiger partial charge in [0.2, 0.25) is 0 Å². The number of halogens is 1. The Balaban J connectivity index is 2.09. The molecule has 0 unspecified atom stereocenters. The van der Waals surface area contributed by atoms with Gasteiger partial charge in [0.25, 0.3) is 5.91 Å². The lowest BCUT2D eigenvalue weighted by atomic mass is 10.1. The molecule has 0 atom stereocenters. The standard InChI is InChI=1S/C12H13FNO/c13-11-6-4-10(5-7-11)12(15)14-8-2-1-3-9-14/h4-6H,1-3,8-9H2. The first kappa shape index (κ1) is 10.1. The zero-order valence-corrected chi connectivity index (χ0v) is 8.50. The van der Waals surface area contributed by atoms with Crippen molar-refractivity contribution in [2.24, 2.45) is 0 Å². The molecule has 1 amide bonds. The van der Waals surface area contributed by atoms with Crippen molar-refractivity contribution >= 4 is 5.91 Å². The van der Waals surface area contributed by atoms with E-state index in [-0.39, 0.29) is 5.91 Å². The van der Waals surface area contributed by atoms with Crippen LogP contribution in [0.15, 0.2) is 18.2 Å². The second kappa shape index (κ2) is 4.43. The monoisotopic (exact) mass is 206 g/mol. The van der Waals surface area contributed by atoms with Crippen LogP contribution in [-0.4, -0.2) is 23.9 Å². The molecule has 0 saturated carbocycles. The third kappa shape index (κ3) is 2.35. The number of carbonyl (C=O) groups excluding carboxylic acids is 1. The van der Waals surface area contributed by atoms with Crippen LogP contribution < -0.4 is 0 Å². The van der Waals surface area contributed by atoms with Gasteiger partial charge in [-0.25, -0.2) is 4.39 Å². The molecule has 0 spiro atoms. The Bertz CT molecular complexity index is 341. The van der Waals surface area contributed by atoms with E-state index >= 15 is 0 Å².